The highest BCUT2D eigenvalue weighted by Gasteiger charge is 2.55. The number of amides is 1. The minimum Gasteiger partial charge on any atom is -0.354 e. The van der Waals surface area contributed by atoms with E-state index < -0.39 is 0 Å². The van der Waals surface area contributed by atoms with Gasteiger partial charge in [0, 0.05) is 12.3 Å². The molecule has 2 rings (SSSR count). The van der Waals surface area contributed by atoms with Gasteiger partial charge in [-0.05, 0) is 31.6 Å². The molecule has 0 aromatic rings. The zero-order chi connectivity index (χ0) is 15.1. The van der Waals surface area contributed by atoms with Gasteiger partial charge in [-0.3, -0.25) is 4.79 Å². The molecule has 0 unspecified atom stereocenters. The van der Waals surface area contributed by atoms with E-state index in [1.807, 2.05) is 4.90 Å². The summed E-state index contributed by atoms with van der Waals surface area (Å²) < 4.78 is 5.98. The van der Waals surface area contributed by atoms with Gasteiger partial charge in [-0.2, -0.15) is 0 Å². The Hall–Kier alpha value is -0.830. The van der Waals surface area contributed by atoms with Crippen LogP contribution >= 0.6 is 0 Å². The summed E-state index contributed by atoms with van der Waals surface area (Å²) in [6, 6.07) is 0.241. The van der Waals surface area contributed by atoms with Crippen molar-refractivity contribution in [2.45, 2.75) is 65.6 Å². The molecule has 3 nitrogen and oxygen atoms in total. The van der Waals surface area contributed by atoms with Gasteiger partial charge in [0.05, 0.1) is 12.6 Å². The van der Waals surface area contributed by atoms with Gasteiger partial charge in [0.1, 0.15) is 5.72 Å². The lowest BCUT2D eigenvalue weighted by atomic mass is 9.92. The van der Waals surface area contributed by atoms with Crippen molar-refractivity contribution in [3.8, 4) is 0 Å². The van der Waals surface area contributed by atoms with Crippen LogP contribution in [0.5, 0.6) is 0 Å². The van der Waals surface area contributed by atoms with Crippen LogP contribution in [-0.4, -0.2) is 29.2 Å². The Kier molecular flexibility index (Phi) is 4.29. The fourth-order valence-corrected chi connectivity index (χ4v) is 3.42. The molecule has 3 atom stereocenters. The van der Waals surface area contributed by atoms with E-state index in [0.717, 1.165) is 19.3 Å². The molecule has 2 aliphatic rings. The molecule has 2 fully saturated rings. The standard InChI is InChI=1S/C17H29NO2/c1-11(2)13(5)7-8-14-9-17(6)18(16(14)19)15(10-20-17)12(3)4/h11-12,14-15H,5,7-10H2,1-4,6H3/t14-,15+,17+/m0/s1. The van der Waals surface area contributed by atoms with E-state index in [2.05, 4.69) is 41.2 Å². The van der Waals surface area contributed by atoms with Crippen LogP contribution in [0.4, 0.5) is 0 Å². The van der Waals surface area contributed by atoms with Crippen LogP contribution in [0, 0.1) is 17.8 Å². The number of rotatable bonds is 5. The van der Waals surface area contributed by atoms with Crippen molar-refractivity contribution >= 4 is 5.91 Å². The fraction of sp³-hybridized carbons (Fsp3) is 0.824. The Labute approximate surface area is 123 Å². The molecule has 0 radical (unpaired) electrons. The van der Waals surface area contributed by atoms with Crippen molar-refractivity contribution in [2.24, 2.45) is 17.8 Å². The van der Waals surface area contributed by atoms with Crippen LogP contribution in [0.2, 0.25) is 0 Å². The minimum absolute atomic E-state index is 0.108. The lowest BCUT2D eigenvalue weighted by molar-refractivity contribution is -0.139. The van der Waals surface area contributed by atoms with Gasteiger partial charge in [-0.15, -0.1) is 0 Å². The molecule has 2 saturated heterocycles. The lowest BCUT2D eigenvalue weighted by Gasteiger charge is -2.31. The van der Waals surface area contributed by atoms with Crippen molar-refractivity contribution < 1.29 is 9.53 Å². The molecule has 3 heteroatoms. The molecule has 2 heterocycles. The summed E-state index contributed by atoms with van der Waals surface area (Å²) in [5.41, 5.74) is 0.881. The highest BCUT2D eigenvalue weighted by Crippen LogP contribution is 2.44. The number of carbonyl (C=O) groups excluding carboxylic acids is 1. The summed E-state index contributed by atoms with van der Waals surface area (Å²) in [6.45, 7) is 15.5. The van der Waals surface area contributed by atoms with E-state index in [1.54, 1.807) is 0 Å². The molecule has 0 aromatic heterocycles. The summed E-state index contributed by atoms with van der Waals surface area (Å²) in [6.07, 6.45) is 2.70. The quantitative estimate of drug-likeness (QED) is 0.720. The second-order valence-electron chi connectivity index (χ2n) is 7.26. The van der Waals surface area contributed by atoms with Gasteiger partial charge in [-0.1, -0.05) is 39.8 Å². The van der Waals surface area contributed by atoms with Crippen LogP contribution in [0.15, 0.2) is 12.2 Å². The molecule has 0 aromatic carbocycles. The molecule has 2 aliphatic heterocycles. The number of fused-ring (bicyclic) bond motifs is 1. The largest absolute Gasteiger partial charge is 0.354 e. The number of hydrogen-bond acceptors (Lipinski definition) is 2. The van der Waals surface area contributed by atoms with Gasteiger partial charge >= 0.3 is 0 Å². The highest BCUT2D eigenvalue weighted by atomic mass is 16.5. The van der Waals surface area contributed by atoms with Crippen molar-refractivity contribution in [1.29, 1.82) is 0 Å². The van der Waals surface area contributed by atoms with Crippen LogP contribution < -0.4 is 0 Å². The third-order valence-electron chi connectivity index (χ3n) is 5.02. The number of allylic oxidation sites excluding steroid dienone is 1. The third-order valence-corrected chi connectivity index (χ3v) is 5.02. The Balaban J connectivity index is 2.03. The zero-order valence-corrected chi connectivity index (χ0v) is 13.6. The van der Waals surface area contributed by atoms with E-state index in [1.165, 1.54) is 5.57 Å². The number of carbonyl (C=O) groups is 1. The molecule has 0 bridgehead atoms. The highest BCUT2D eigenvalue weighted by molar-refractivity contribution is 5.82. The molecular formula is C17H29NO2. The van der Waals surface area contributed by atoms with Crippen LogP contribution in [0.25, 0.3) is 0 Å². The molecule has 114 valence electrons. The topological polar surface area (TPSA) is 29.5 Å². The van der Waals surface area contributed by atoms with Gasteiger partial charge in [0.15, 0.2) is 0 Å². The summed E-state index contributed by atoms with van der Waals surface area (Å²) in [5.74, 6) is 1.35. The normalized spacial score (nSPS) is 33.4. The molecule has 0 saturated carbocycles. The number of nitrogens with zero attached hydrogens (tertiary/aromatic N) is 1. The summed E-state index contributed by atoms with van der Waals surface area (Å²) >= 11 is 0. The average Bonchev–Trinajstić information content (AvgIpc) is 2.81. The van der Waals surface area contributed by atoms with Gasteiger partial charge < -0.3 is 9.64 Å². The zero-order valence-electron chi connectivity index (χ0n) is 13.6. The average molecular weight is 279 g/mol. The second kappa shape index (κ2) is 5.51. The maximum absolute atomic E-state index is 12.7. The summed E-state index contributed by atoms with van der Waals surface area (Å²) in [5, 5.41) is 0. The SMILES string of the molecule is C=C(CC[C@H]1C[C@@]2(C)OC[C@H](C(C)C)N2C1=O)C(C)C. The monoisotopic (exact) mass is 279 g/mol. The molecule has 0 N–H and O–H groups in total. The maximum atomic E-state index is 12.7. The van der Waals surface area contributed by atoms with Crippen LogP contribution in [0.3, 0.4) is 0 Å². The minimum atomic E-state index is -0.365. The first-order chi connectivity index (χ1) is 9.26. The smallest absolute Gasteiger partial charge is 0.228 e. The Bertz CT molecular complexity index is 402. The Morgan fingerprint density at radius 1 is 1.45 bits per heavy atom. The van der Waals surface area contributed by atoms with E-state index in [4.69, 9.17) is 4.74 Å². The Morgan fingerprint density at radius 3 is 2.65 bits per heavy atom. The first kappa shape index (κ1) is 15.6. The number of ether oxygens (including phenoxy) is 1. The van der Waals surface area contributed by atoms with Gasteiger partial charge in [0.25, 0.3) is 0 Å². The second-order valence-corrected chi connectivity index (χ2v) is 7.26. The van der Waals surface area contributed by atoms with Crippen molar-refractivity contribution in [3.63, 3.8) is 0 Å². The van der Waals surface area contributed by atoms with E-state index in [9.17, 15) is 4.79 Å². The van der Waals surface area contributed by atoms with E-state index in [0.29, 0.717) is 24.3 Å². The first-order valence-electron chi connectivity index (χ1n) is 7.91. The summed E-state index contributed by atoms with van der Waals surface area (Å²) in [7, 11) is 0. The maximum Gasteiger partial charge on any atom is 0.228 e. The Morgan fingerprint density at radius 2 is 2.10 bits per heavy atom. The fourth-order valence-electron chi connectivity index (χ4n) is 3.42. The predicted molar refractivity (Wildman–Crippen MR) is 81.1 cm³/mol. The van der Waals surface area contributed by atoms with E-state index >= 15 is 0 Å². The third kappa shape index (κ3) is 2.65. The molecule has 0 aliphatic carbocycles. The molecule has 0 spiro atoms. The summed E-state index contributed by atoms with van der Waals surface area (Å²) in [4.78, 5) is 14.7. The molecule has 1 amide bonds. The van der Waals surface area contributed by atoms with E-state index in [-0.39, 0.29) is 17.7 Å². The first-order valence-corrected chi connectivity index (χ1v) is 7.91. The van der Waals surface area contributed by atoms with Gasteiger partial charge in [-0.25, -0.2) is 0 Å². The van der Waals surface area contributed by atoms with Crippen LogP contribution in [-0.2, 0) is 9.53 Å². The lowest BCUT2D eigenvalue weighted by Crippen LogP contribution is -2.45. The molecular weight excluding hydrogens is 250 g/mol. The number of hydrogen-bond donors (Lipinski definition) is 0. The molecule has 20 heavy (non-hydrogen) atoms. The van der Waals surface area contributed by atoms with Gasteiger partial charge in [0.2, 0.25) is 5.91 Å². The van der Waals surface area contributed by atoms with Crippen molar-refractivity contribution in [2.75, 3.05) is 6.61 Å². The van der Waals surface area contributed by atoms with Crippen molar-refractivity contribution in [3.05, 3.63) is 12.2 Å². The predicted octanol–water partition coefficient (Wildman–Crippen LogP) is 3.60. The van der Waals surface area contributed by atoms with Crippen molar-refractivity contribution in [1.82, 2.24) is 4.90 Å². The van der Waals surface area contributed by atoms with Crippen LogP contribution in [0.1, 0.15) is 53.9 Å².